The lowest BCUT2D eigenvalue weighted by Gasteiger charge is -2.41. The van der Waals surface area contributed by atoms with Crippen LogP contribution >= 0.6 is 11.8 Å². The van der Waals surface area contributed by atoms with Crippen molar-refractivity contribution in [1.29, 1.82) is 0 Å². The van der Waals surface area contributed by atoms with Crippen molar-refractivity contribution in [2.75, 3.05) is 65.4 Å². The lowest BCUT2D eigenvalue weighted by molar-refractivity contribution is -0.147. The molecule has 0 bridgehead atoms. The maximum absolute atomic E-state index is 16.1. The van der Waals surface area contributed by atoms with Crippen molar-refractivity contribution < 1.29 is 102 Å². The van der Waals surface area contributed by atoms with Crippen molar-refractivity contribution >= 4 is 134 Å². The number of amides is 16. The number of H-pyrrole nitrogens is 1. The first kappa shape index (κ1) is 108. The third-order valence-corrected chi connectivity index (χ3v) is 25.6. The van der Waals surface area contributed by atoms with Gasteiger partial charge in [-0.25, -0.2) is 0 Å². The average molecular weight is 1900 g/mol. The van der Waals surface area contributed by atoms with Crippen molar-refractivity contribution in [3.8, 4) is 5.75 Å². The molecule has 0 aliphatic carbocycles. The lowest BCUT2D eigenvalue weighted by atomic mass is 9.98. The fourth-order valence-corrected chi connectivity index (χ4v) is 18.0. The number of benzene rings is 3. The van der Waals surface area contributed by atoms with Gasteiger partial charge in [-0.2, -0.15) is 0 Å². The second-order valence-corrected chi connectivity index (χ2v) is 36.9. The Labute approximate surface area is 788 Å². The Morgan fingerprint density at radius 3 is 1.78 bits per heavy atom. The van der Waals surface area contributed by atoms with Crippen LogP contribution in [0.2, 0.25) is 0 Å². The number of fused-ring (bicyclic) bond motifs is 4. The molecule has 8 rings (SSSR count). The van der Waals surface area contributed by atoms with E-state index >= 15 is 28.8 Å². The van der Waals surface area contributed by atoms with E-state index in [-0.39, 0.29) is 108 Å². The van der Waals surface area contributed by atoms with Gasteiger partial charge in [-0.05, 0) is 125 Å². The van der Waals surface area contributed by atoms with E-state index in [4.69, 9.17) is 22.9 Å². The molecule has 0 spiro atoms. The largest absolute Gasteiger partial charge is 0.508 e. The van der Waals surface area contributed by atoms with Crippen LogP contribution in [-0.2, 0) is 107 Å². The number of unbranched alkanes of at least 4 members (excludes halogenated alkanes) is 2. The maximum atomic E-state index is 16.1. The second-order valence-electron chi connectivity index (χ2n) is 35.8. The number of rotatable bonds is 27. The average Bonchev–Trinajstić information content (AvgIpc) is 1.59. The van der Waals surface area contributed by atoms with Crippen LogP contribution in [0.4, 0.5) is 0 Å². The van der Waals surface area contributed by atoms with Gasteiger partial charge in [0.05, 0.1) is 36.9 Å². The number of aliphatic hydroxyl groups excluding tert-OH is 2. The zero-order chi connectivity index (χ0) is 99.4. The number of aromatic nitrogens is 2. The Morgan fingerprint density at radius 2 is 1.13 bits per heavy atom. The third-order valence-electron chi connectivity index (χ3n) is 24.5. The topological polar surface area (TPSA) is 632 Å². The summed E-state index contributed by atoms with van der Waals surface area (Å²) < 4.78 is 1.46. The molecule has 5 aromatic rings. The SMILES string of the molecule is CCCC[C@H]1C(O)N(C)[C@@H](CCCC)C(=O)N[C@@H](CC(C)C)C(=O)N[C@H](C(=O)NCC(N)=O)CSCC(=O)N[C@@H](Cc2ccc(O)cc2)C(=O)N(C)[C@@H](C)C(=O)N[C@@H](CC(N)=O)C(=O)N2CCC[C@H]2C(=O)N[C@@H](CN)C(=O)N[C@@H](CC(C)C)C(=O)N2C[C@H](O)C[C@H]2C(=O)N[C@@H](Cc2c[nH]c3ccccc23)C(=O)N[C@@H](CCCN)C(=O)N[C@@H](Cc2cn(CC(=O)O)c3ccccc23)C(=O)N1C. The van der Waals surface area contributed by atoms with Crippen LogP contribution in [0, 0.1) is 11.8 Å². The molecular formula is C92H135N21O21S. The highest BCUT2D eigenvalue weighted by Crippen LogP contribution is 2.30. The minimum Gasteiger partial charge on any atom is -0.508 e. The number of hydrogen-bond donors (Lipinski definition) is 19. The fraction of sp³-hybridized carbons (Fsp3) is 0.576. The van der Waals surface area contributed by atoms with Gasteiger partial charge in [0.1, 0.15) is 91.0 Å². The number of carbonyl (C=O) groups is 17. The first-order chi connectivity index (χ1) is 64.1. The van der Waals surface area contributed by atoms with E-state index < -0.39 is 242 Å². The molecule has 135 heavy (non-hydrogen) atoms. The van der Waals surface area contributed by atoms with Gasteiger partial charge in [-0.15, -0.1) is 11.8 Å². The van der Waals surface area contributed by atoms with Crippen molar-refractivity contribution in [2.45, 2.75) is 261 Å². The number of phenols is 1. The number of carboxylic acids is 1. The van der Waals surface area contributed by atoms with E-state index in [9.17, 15) is 73.2 Å². The Hall–Kier alpha value is -12.3. The Balaban J connectivity index is 1.21. The zero-order valence-corrected chi connectivity index (χ0v) is 79.1. The standard InChI is InChI=1S/C92H135N21O21S/c1-11-13-25-71-85(127)101-62(35-50(3)4)82(124)107-69(80(122)98-44-76(96)117)48-135-49-77(118)99-65(37-53-29-31-56(114)32-30-53)88(130)108(8)52(7)79(121)103-67(41-75(95)116)90(132)112-34-20-28-72(112)86(128)106-68(42-94)84(126)104-64(36-51(5)6)91(133)113-46-57(115)40-74(113)87(129)102-63(38-54-43-97-60-23-17-15-21-58(54)60)83(125)100-61(24-19-33-93)81(123)105-66(89(131)110(10)73(26-14-12-2)92(134)109(71)9)39-55-45-111(47-78(119)120)70-27-18-16-22-59(55)70/h15-18,21-23,27,29-32,43,45,50-52,57,61-69,71-74,92,97,114-115,134H,11-14,19-20,24-26,28,33-42,44,46-49,93-94H2,1-10H3,(H2,95,116)(H2,96,117)(H,98,122)(H,99,118)(H,100,125)(H,101,127)(H,102,129)(H,103,121)(H,104,126)(H,105,123)(H,106,128)(H,107,124)(H,119,120)/t52-,57+,61-,62-,63-,64-,65-,66-,67-,68-,69-,71-,72-,73-,74-,92?/m0/s1. The Morgan fingerprint density at radius 1 is 0.563 bits per heavy atom. The molecule has 0 saturated carbocycles. The molecule has 43 heteroatoms. The van der Waals surface area contributed by atoms with Crippen molar-refractivity contribution in [2.24, 2.45) is 34.8 Å². The molecule has 0 radical (unpaired) electrons. The highest BCUT2D eigenvalue weighted by molar-refractivity contribution is 8.00. The quantitative estimate of drug-likeness (QED) is 0.0269. The number of aliphatic carboxylic acids is 1. The van der Waals surface area contributed by atoms with Gasteiger partial charge in [0.15, 0.2) is 0 Å². The summed E-state index contributed by atoms with van der Waals surface area (Å²) in [5.41, 5.74) is 25.9. The molecule has 42 nitrogen and oxygen atoms in total. The van der Waals surface area contributed by atoms with Crippen LogP contribution < -0.4 is 76.1 Å². The van der Waals surface area contributed by atoms with Crippen molar-refractivity contribution in [3.05, 3.63) is 102 Å². The molecule has 740 valence electrons. The predicted molar refractivity (Wildman–Crippen MR) is 500 cm³/mol. The number of hydrogen-bond acceptors (Lipinski definition) is 24. The number of phenolic OH excluding ortho intramolecular Hbond substituents is 1. The Bertz CT molecular complexity index is 5010. The molecule has 16 amide bonds. The number of para-hydroxylation sites is 2. The van der Waals surface area contributed by atoms with E-state index in [1.165, 1.54) is 72.9 Å². The van der Waals surface area contributed by atoms with Gasteiger partial charge >= 0.3 is 5.97 Å². The second kappa shape index (κ2) is 51.4. The number of nitrogens with zero attached hydrogens (tertiary/aromatic N) is 6. The smallest absolute Gasteiger partial charge is 0.323 e. The van der Waals surface area contributed by atoms with Gasteiger partial charge in [-0.3, -0.25) is 86.4 Å². The molecule has 23 N–H and O–H groups in total. The molecule has 16 atom stereocenters. The number of primary amides is 2. The van der Waals surface area contributed by atoms with Crippen LogP contribution in [0.3, 0.4) is 0 Å². The summed E-state index contributed by atoms with van der Waals surface area (Å²) in [5.74, 6) is -17.6. The number of carboxylic acid groups (broad SMARTS) is 1. The normalized spacial score (nSPS) is 25.5. The number of aromatic amines is 1. The van der Waals surface area contributed by atoms with E-state index in [1.807, 2.05) is 13.8 Å². The number of aromatic hydroxyl groups is 1. The molecule has 5 heterocycles. The summed E-state index contributed by atoms with van der Waals surface area (Å²) in [4.78, 5) is 256. The number of thioether (sulfide) groups is 1. The van der Waals surface area contributed by atoms with Crippen LogP contribution in [0.5, 0.6) is 5.75 Å². The van der Waals surface area contributed by atoms with Crippen LogP contribution in [-0.4, -0.2) is 317 Å². The zero-order valence-electron chi connectivity index (χ0n) is 78.3. The van der Waals surface area contributed by atoms with Crippen molar-refractivity contribution in [3.63, 3.8) is 0 Å². The summed E-state index contributed by atoms with van der Waals surface area (Å²) in [5, 5.41) is 72.8. The minimum absolute atomic E-state index is 0.0139. The summed E-state index contributed by atoms with van der Waals surface area (Å²) in [7, 11) is 4.09. The molecule has 3 saturated heterocycles. The molecule has 3 aromatic carbocycles. The summed E-state index contributed by atoms with van der Waals surface area (Å²) in [6, 6.07) is -1.50. The first-order valence-electron chi connectivity index (χ1n) is 46.0. The number of carbonyl (C=O) groups excluding carboxylic acids is 16. The van der Waals surface area contributed by atoms with Gasteiger partial charge in [0.25, 0.3) is 0 Å². The predicted octanol–water partition coefficient (Wildman–Crippen LogP) is -2.06. The highest BCUT2D eigenvalue weighted by atomic mass is 32.2. The fourth-order valence-electron chi connectivity index (χ4n) is 17.1. The summed E-state index contributed by atoms with van der Waals surface area (Å²) in [6.07, 6.45) is -0.0248. The van der Waals surface area contributed by atoms with Gasteiger partial charge in [-0.1, -0.05) is 116 Å². The van der Waals surface area contributed by atoms with Gasteiger partial charge in [0, 0.05) is 99.4 Å². The number of aliphatic hydroxyl groups is 2. The molecule has 1 unspecified atom stereocenters. The van der Waals surface area contributed by atoms with Crippen molar-refractivity contribution in [1.82, 2.24) is 87.2 Å². The number of likely N-dealkylation sites (N-methyl/N-ethyl adjacent to an activating group) is 3. The van der Waals surface area contributed by atoms with E-state index in [0.717, 1.165) is 26.5 Å². The molecule has 2 aromatic heterocycles. The third kappa shape index (κ3) is 30.3. The first-order valence-corrected chi connectivity index (χ1v) is 47.1. The Kier molecular flexibility index (Phi) is 41.1. The van der Waals surface area contributed by atoms with Crippen LogP contribution in [0.1, 0.15) is 155 Å². The minimum atomic E-state index is -1.77. The van der Waals surface area contributed by atoms with Gasteiger partial charge in [0.2, 0.25) is 94.5 Å². The summed E-state index contributed by atoms with van der Waals surface area (Å²) >= 11 is 0.796. The van der Waals surface area contributed by atoms with Crippen LogP contribution in [0.25, 0.3) is 21.8 Å². The molecule has 3 fully saturated rings. The van der Waals surface area contributed by atoms with Gasteiger partial charge < -0.3 is 126 Å². The lowest BCUT2D eigenvalue weighted by Crippen LogP contribution is -2.62. The van der Waals surface area contributed by atoms with E-state index in [0.29, 0.717) is 64.2 Å². The highest BCUT2D eigenvalue weighted by Gasteiger charge is 2.47. The molecular weight excluding hydrogens is 1770 g/mol. The van der Waals surface area contributed by atoms with Crippen LogP contribution in [0.15, 0.2) is 85.2 Å². The number of nitrogens with one attached hydrogen (secondary N) is 11. The van der Waals surface area contributed by atoms with E-state index in [1.54, 1.807) is 82.4 Å². The van der Waals surface area contributed by atoms with E-state index in [2.05, 4.69) is 58.2 Å². The molecule has 3 aliphatic heterocycles. The monoisotopic (exact) mass is 1900 g/mol. The molecule has 3 aliphatic rings. The summed E-state index contributed by atoms with van der Waals surface area (Å²) in [6.45, 7) is 9.66. The maximum Gasteiger partial charge on any atom is 0.323 e. The number of nitrogens with two attached hydrogens (primary N) is 4.